The minimum Gasteiger partial charge on any atom is -0.369 e. The highest BCUT2D eigenvalue weighted by atomic mass is 16.1. The molecule has 0 bridgehead atoms. The van der Waals surface area contributed by atoms with Gasteiger partial charge in [-0.25, -0.2) is 0 Å². The van der Waals surface area contributed by atoms with Crippen LogP contribution in [0.5, 0.6) is 0 Å². The molecule has 1 fully saturated rings. The molecule has 1 saturated heterocycles. The van der Waals surface area contributed by atoms with E-state index in [9.17, 15) is 4.79 Å². The topological polar surface area (TPSA) is 82.8 Å². The number of carbonyl (C=O) groups excluding carboxylic acids is 1. The number of amides is 1. The van der Waals surface area contributed by atoms with Gasteiger partial charge in [0.2, 0.25) is 5.91 Å². The van der Waals surface area contributed by atoms with Crippen LogP contribution in [0, 0.1) is 12.8 Å². The summed E-state index contributed by atoms with van der Waals surface area (Å²) in [6, 6.07) is 8.72. The summed E-state index contributed by atoms with van der Waals surface area (Å²) in [6.45, 7) is 9.17. The van der Waals surface area contributed by atoms with Gasteiger partial charge in [0.15, 0.2) is 5.96 Å². The van der Waals surface area contributed by atoms with Crippen molar-refractivity contribution in [3.8, 4) is 0 Å². The van der Waals surface area contributed by atoms with Crippen LogP contribution in [0.1, 0.15) is 49.7 Å². The maximum atomic E-state index is 11.2. The first-order valence-corrected chi connectivity index (χ1v) is 10.5. The summed E-state index contributed by atoms with van der Waals surface area (Å²) in [6.07, 6.45) is 4.06. The molecule has 6 nitrogen and oxygen atoms in total. The number of likely N-dealkylation sites (tertiary alicyclic amines) is 1. The summed E-state index contributed by atoms with van der Waals surface area (Å²) in [4.78, 5) is 18.0. The van der Waals surface area contributed by atoms with Gasteiger partial charge in [-0.2, -0.15) is 0 Å². The normalized spacial score (nSPS) is 17.3. The van der Waals surface area contributed by atoms with Gasteiger partial charge in [-0.3, -0.25) is 9.79 Å². The lowest BCUT2D eigenvalue weighted by atomic mass is 9.96. The molecule has 1 aromatic rings. The molecule has 0 radical (unpaired) electrons. The van der Waals surface area contributed by atoms with Gasteiger partial charge >= 0.3 is 0 Å². The van der Waals surface area contributed by atoms with Crippen LogP contribution in [-0.2, 0) is 4.79 Å². The van der Waals surface area contributed by atoms with Crippen LogP contribution < -0.4 is 16.4 Å². The standard InChI is InChI=1S/C22H37N5O/c1-17-6-8-19(9-7-17)18(2)16-26-22(24-3)25-12-4-5-13-27-14-10-20(11-15-27)21(23)28/h6-9,18,20H,4-5,10-16H2,1-3H3,(H2,23,28)(H2,24,25,26). The summed E-state index contributed by atoms with van der Waals surface area (Å²) in [7, 11) is 1.81. The molecule has 156 valence electrons. The monoisotopic (exact) mass is 387 g/mol. The third-order valence-electron chi connectivity index (χ3n) is 5.63. The van der Waals surface area contributed by atoms with E-state index >= 15 is 0 Å². The second kappa shape index (κ2) is 11.7. The molecule has 0 aromatic heterocycles. The molecule has 1 unspecified atom stereocenters. The summed E-state index contributed by atoms with van der Waals surface area (Å²) in [5, 5.41) is 6.83. The van der Waals surface area contributed by atoms with E-state index in [-0.39, 0.29) is 11.8 Å². The van der Waals surface area contributed by atoms with Crippen molar-refractivity contribution < 1.29 is 4.79 Å². The molecular formula is C22H37N5O. The van der Waals surface area contributed by atoms with E-state index in [0.717, 1.165) is 64.4 Å². The molecule has 2 rings (SSSR count). The van der Waals surface area contributed by atoms with Crippen molar-refractivity contribution in [2.75, 3.05) is 39.8 Å². The Balaban J connectivity index is 1.57. The summed E-state index contributed by atoms with van der Waals surface area (Å²) < 4.78 is 0. The van der Waals surface area contributed by atoms with E-state index in [2.05, 4.69) is 58.6 Å². The number of primary amides is 1. The number of aryl methyl sites for hydroxylation is 1. The number of nitrogens with two attached hydrogens (primary N) is 1. The number of rotatable bonds is 9. The fraction of sp³-hybridized carbons (Fsp3) is 0.636. The zero-order valence-electron chi connectivity index (χ0n) is 17.7. The second-order valence-corrected chi connectivity index (χ2v) is 7.92. The van der Waals surface area contributed by atoms with Crippen molar-refractivity contribution in [2.45, 2.75) is 45.4 Å². The maximum Gasteiger partial charge on any atom is 0.220 e. The van der Waals surface area contributed by atoms with Gasteiger partial charge in [0.25, 0.3) is 0 Å². The van der Waals surface area contributed by atoms with Gasteiger partial charge in [0, 0.05) is 26.1 Å². The minimum atomic E-state index is -0.139. The first kappa shape index (κ1) is 22.2. The highest BCUT2D eigenvalue weighted by molar-refractivity contribution is 5.79. The predicted molar refractivity (Wildman–Crippen MR) is 117 cm³/mol. The number of nitrogens with one attached hydrogen (secondary N) is 2. The van der Waals surface area contributed by atoms with E-state index in [1.165, 1.54) is 11.1 Å². The number of aliphatic imine (C=N–C) groups is 1. The Morgan fingerprint density at radius 2 is 1.89 bits per heavy atom. The summed E-state index contributed by atoms with van der Waals surface area (Å²) in [5.41, 5.74) is 8.02. The van der Waals surface area contributed by atoms with Crippen molar-refractivity contribution >= 4 is 11.9 Å². The molecule has 1 aliphatic heterocycles. The average Bonchev–Trinajstić information content (AvgIpc) is 2.70. The first-order valence-electron chi connectivity index (χ1n) is 10.5. The van der Waals surface area contributed by atoms with E-state index in [1.54, 1.807) is 0 Å². The average molecular weight is 388 g/mol. The van der Waals surface area contributed by atoms with E-state index in [1.807, 2.05) is 7.05 Å². The quantitative estimate of drug-likeness (QED) is 0.345. The van der Waals surface area contributed by atoms with Crippen LogP contribution >= 0.6 is 0 Å². The van der Waals surface area contributed by atoms with E-state index < -0.39 is 0 Å². The van der Waals surface area contributed by atoms with Crippen molar-refractivity contribution in [1.82, 2.24) is 15.5 Å². The Labute approximate surface area is 170 Å². The Bertz CT molecular complexity index is 620. The van der Waals surface area contributed by atoms with E-state index in [4.69, 9.17) is 5.73 Å². The number of piperidine rings is 1. The summed E-state index contributed by atoms with van der Waals surface area (Å²) >= 11 is 0. The van der Waals surface area contributed by atoms with Crippen LogP contribution in [0.15, 0.2) is 29.3 Å². The lowest BCUT2D eigenvalue weighted by Gasteiger charge is -2.30. The maximum absolute atomic E-state index is 11.2. The molecule has 0 saturated carbocycles. The largest absolute Gasteiger partial charge is 0.369 e. The SMILES string of the molecule is CN=C(NCCCCN1CCC(C(N)=O)CC1)NCC(C)c1ccc(C)cc1. The van der Waals surface area contributed by atoms with Crippen molar-refractivity contribution in [1.29, 1.82) is 0 Å². The molecule has 28 heavy (non-hydrogen) atoms. The molecule has 1 aliphatic rings. The van der Waals surface area contributed by atoms with Crippen molar-refractivity contribution in [3.63, 3.8) is 0 Å². The smallest absolute Gasteiger partial charge is 0.220 e. The number of hydrogen-bond donors (Lipinski definition) is 3. The van der Waals surface area contributed by atoms with Crippen LogP contribution in [0.4, 0.5) is 0 Å². The lowest BCUT2D eigenvalue weighted by Crippen LogP contribution is -2.40. The molecular weight excluding hydrogens is 350 g/mol. The number of nitrogens with zero attached hydrogens (tertiary/aromatic N) is 2. The zero-order valence-corrected chi connectivity index (χ0v) is 17.7. The fourth-order valence-corrected chi connectivity index (χ4v) is 3.59. The Hall–Kier alpha value is -2.08. The molecule has 0 aliphatic carbocycles. The van der Waals surface area contributed by atoms with Gasteiger partial charge in [-0.1, -0.05) is 36.8 Å². The third-order valence-corrected chi connectivity index (χ3v) is 5.63. The van der Waals surface area contributed by atoms with Crippen molar-refractivity contribution in [3.05, 3.63) is 35.4 Å². The van der Waals surface area contributed by atoms with Gasteiger partial charge in [-0.05, 0) is 63.7 Å². The highest BCUT2D eigenvalue weighted by Crippen LogP contribution is 2.17. The zero-order chi connectivity index (χ0) is 20.4. The number of benzene rings is 1. The van der Waals surface area contributed by atoms with Gasteiger partial charge in [-0.15, -0.1) is 0 Å². The van der Waals surface area contributed by atoms with Crippen LogP contribution in [0.25, 0.3) is 0 Å². The first-order chi connectivity index (χ1) is 13.5. The lowest BCUT2D eigenvalue weighted by molar-refractivity contribution is -0.123. The van der Waals surface area contributed by atoms with Gasteiger partial charge < -0.3 is 21.3 Å². The molecule has 1 aromatic carbocycles. The molecule has 6 heteroatoms. The second-order valence-electron chi connectivity index (χ2n) is 7.92. The third kappa shape index (κ3) is 7.50. The number of hydrogen-bond acceptors (Lipinski definition) is 3. The minimum absolute atomic E-state index is 0.0783. The molecule has 0 spiro atoms. The Kier molecular flexibility index (Phi) is 9.28. The van der Waals surface area contributed by atoms with Gasteiger partial charge in [0.05, 0.1) is 0 Å². The van der Waals surface area contributed by atoms with Crippen molar-refractivity contribution in [2.24, 2.45) is 16.6 Å². The highest BCUT2D eigenvalue weighted by Gasteiger charge is 2.22. The molecule has 1 heterocycles. The number of guanidine groups is 1. The van der Waals surface area contributed by atoms with Gasteiger partial charge in [0.1, 0.15) is 0 Å². The fourth-order valence-electron chi connectivity index (χ4n) is 3.59. The number of unbranched alkanes of at least 4 members (excludes halogenated alkanes) is 1. The predicted octanol–water partition coefficient (Wildman–Crippen LogP) is 2.24. The molecule has 4 N–H and O–H groups in total. The Morgan fingerprint density at radius 1 is 1.21 bits per heavy atom. The van der Waals surface area contributed by atoms with Crippen LogP contribution in [-0.4, -0.2) is 56.5 Å². The molecule has 1 atom stereocenters. The van der Waals surface area contributed by atoms with Crippen LogP contribution in [0.2, 0.25) is 0 Å². The molecule has 1 amide bonds. The number of carbonyl (C=O) groups is 1. The van der Waals surface area contributed by atoms with E-state index in [0.29, 0.717) is 5.92 Å². The Morgan fingerprint density at radius 3 is 2.50 bits per heavy atom. The van der Waals surface area contributed by atoms with Crippen LogP contribution in [0.3, 0.4) is 0 Å². The summed E-state index contributed by atoms with van der Waals surface area (Å²) in [5.74, 6) is 1.23.